The second-order valence-electron chi connectivity index (χ2n) is 8.23. The lowest BCUT2D eigenvalue weighted by Crippen LogP contribution is -2.15. The predicted molar refractivity (Wildman–Crippen MR) is 84.7 cm³/mol. The Kier molecular flexibility index (Phi) is 4.70. The molecule has 0 radical (unpaired) electrons. The summed E-state index contributed by atoms with van der Waals surface area (Å²) in [5.41, 5.74) is 3.97. The molecule has 0 saturated carbocycles. The van der Waals surface area contributed by atoms with E-state index in [0.717, 1.165) is 0 Å². The molecule has 1 aromatic rings. The Bertz CT molecular complexity index is 383. The summed E-state index contributed by atoms with van der Waals surface area (Å²) in [7, 11) is 0. The lowest BCUT2D eigenvalue weighted by Gasteiger charge is -2.24. The summed E-state index contributed by atoms with van der Waals surface area (Å²) in [5, 5.41) is 2.40. The molecule has 0 spiro atoms. The summed E-state index contributed by atoms with van der Waals surface area (Å²) >= 11 is 1.97. The van der Waals surface area contributed by atoms with Gasteiger partial charge in [0, 0.05) is 4.88 Å². The molecule has 1 aromatic heterocycles. The van der Waals surface area contributed by atoms with E-state index in [1.807, 2.05) is 11.3 Å². The zero-order valence-corrected chi connectivity index (χ0v) is 14.3. The minimum atomic E-state index is 0.372. The molecule has 0 aromatic carbocycles. The van der Waals surface area contributed by atoms with Gasteiger partial charge in [0.25, 0.3) is 0 Å². The third-order valence-corrected chi connectivity index (χ3v) is 4.34. The molecule has 0 bridgehead atoms. The highest BCUT2D eigenvalue weighted by Crippen LogP contribution is 2.36. The van der Waals surface area contributed by atoms with Crippen LogP contribution in [0.2, 0.25) is 0 Å². The average Bonchev–Trinajstić information content (AvgIpc) is 2.43. The summed E-state index contributed by atoms with van der Waals surface area (Å²) in [6.45, 7) is 18.7. The molecule has 0 atom stereocenters. The fourth-order valence-corrected chi connectivity index (χ4v) is 3.48. The van der Waals surface area contributed by atoms with E-state index in [1.165, 1.54) is 12.8 Å². The van der Waals surface area contributed by atoms with Crippen molar-refractivity contribution in [1.82, 2.24) is 0 Å². The van der Waals surface area contributed by atoms with E-state index < -0.39 is 0 Å². The summed E-state index contributed by atoms with van der Waals surface area (Å²) in [6.07, 6.45) is 2.40. The summed E-state index contributed by atoms with van der Waals surface area (Å²) in [6, 6.07) is 0. The minimum Gasteiger partial charge on any atom is -0.148 e. The van der Waals surface area contributed by atoms with Crippen molar-refractivity contribution in [2.24, 2.45) is 10.8 Å². The van der Waals surface area contributed by atoms with Gasteiger partial charge in [-0.1, -0.05) is 55.4 Å². The SMILES string of the molecule is CC(C)c1scc(CC(C)(C)C)c1CC(C)(C)C. The Morgan fingerprint density at radius 2 is 1.44 bits per heavy atom. The molecule has 0 amide bonds. The van der Waals surface area contributed by atoms with Crippen molar-refractivity contribution in [3.63, 3.8) is 0 Å². The Morgan fingerprint density at radius 3 is 1.83 bits per heavy atom. The van der Waals surface area contributed by atoms with E-state index in [1.54, 1.807) is 16.0 Å². The van der Waals surface area contributed by atoms with E-state index in [4.69, 9.17) is 0 Å². The van der Waals surface area contributed by atoms with Crippen LogP contribution in [0.3, 0.4) is 0 Å². The first-order chi connectivity index (χ1) is 7.99. The van der Waals surface area contributed by atoms with E-state index in [0.29, 0.717) is 16.7 Å². The van der Waals surface area contributed by atoms with Crippen molar-refractivity contribution in [3.8, 4) is 0 Å². The normalized spacial score (nSPS) is 13.4. The third kappa shape index (κ3) is 4.76. The van der Waals surface area contributed by atoms with E-state index in [2.05, 4.69) is 60.8 Å². The second kappa shape index (κ2) is 5.36. The largest absolute Gasteiger partial charge is 0.148 e. The van der Waals surface area contributed by atoms with E-state index in [9.17, 15) is 0 Å². The first kappa shape index (κ1) is 15.8. The Labute approximate surface area is 118 Å². The average molecular weight is 266 g/mol. The zero-order valence-electron chi connectivity index (χ0n) is 13.5. The van der Waals surface area contributed by atoms with Gasteiger partial charge in [-0.25, -0.2) is 0 Å². The van der Waals surface area contributed by atoms with Crippen molar-refractivity contribution in [2.45, 2.75) is 74.1 Å². The van der Waals surface area contributed by atoms with Gasteiger partial charge in [-0.05, 0) is 46.1 Å². The van der Waals surface area contributed by atoms with Gasteiger partial charge < -0.3 is 0 Å². The highest BCUT2D eigenvalue weighted by molar-refractivity contribution is 7.10. The van der Waals surface area contributed by atoms with Gasteiger partial charge in [-0.3, -0.25) is 0 Å². The molecule has 1 heteroatoms. The maximum Gasteiger partial charge on any atom is 0.0106 e. The van der Waals surface area contributed by atoms with Gasteiger partial charge in [0.05, 0.1) is 0 Å². The van der Waals surface area contributed by atoms with Crippen LogP contribution in [0.4, 0.5) is 0 Å². The quantitative estimate of drug-likeness (QED) is 0.625. The summed E-state index contributed by atoms with van der Waals surface area (Å²) < 4.78 is 0. The van der Waals surface area contributed by atoms with Crippen molar-refractivity contribution in [1.29, 1.82) is 0 Å². The highest BCUT2D eigenvalue weighted by atomic mass is 32.1. The lowest BCUT2D eigenvalue weighted by molar-refractivity contribution is 0.392. The first-order valence-corrected chi connectivity index (χ1v) is 7.97. The molecule has 0 saturated heterocycles. The van der Waals surface area contributed by atoms with Crippen LogP contribution in [-0.2, 0) is 12.8 Å². The maximum atomic E-state index is 2.40. The first-order valence-electron chi connectivity index (χ1n) is 7.09. The number of rotatable bonds is 3. The Hall–Kier alpha value is -0.300. The molecule has 0 fully saturated rings. The van der Waals surface area contributed by atoms with Crippen LogP contribution >= 0.6 is 11.3 Å². The van der Waals surface area contributed by atoms with Gasteiger partial charge in [-0.15, -0.1) is 11.3 Å². The monoisotopic (exact) mass is 266 g/mol. The fraction of sp³-hybridized carbons (Fsp3) is 0.765. The number of thiophene rings is 1. The standard InChI is InChI=1S/C17H30S/c1-12(2)15-14(10-17(6,7)8)13(11-18-15)9-16(3,4)5/h11-12H,9-10H2,1-8H3. The van der Waals surface area contributed by atoms with Crippen LogP contribution in [0, 0.1) is 10.8 Å². The smallest absolute Gasteiger partial charge is 0.0106 e. The number of hydrogen-bond acceptors (Lipinski definition) is 1. The molecule has 0 unspecified atom stereocenters. The van der Waals surface area contributed by atoms with Gasteiger partial charge >= 0.3 is 0 Å². The molecule has 0 N–H and O–H groups in total. The van der Waals surface area contributed by atoms with Crippen molar-refractivity contribution < 1.29 is 0 Å². The van der Waals surface area contributed by atoms with Crippen LogP contribution in [0.1, 0.15) is 77.3 Å². The van der Waals surface area contributed by atoms with Gasteiger partial charge in [-0.2, -0.15) is 0 Å². The topological polar surface area (TPSA) is 0 Å². The van der Waals surface area contributed by atoms with Crippen LogP contribution in [0.5, 0.6) is 0 Å². The molecule has 0 aliphatic rings. The van der Waals surface area contributed by atoms with Gasteiger partial charge in [0.2, 0.25) is 0 Å². The zero-order chi connectivity index (χ0) is 14.1. The lowest BCUT2D eigenvalue weighted by atomic mass is 9.81. The minimum absolute atomic E-state index is 0.372. The molecular weight excluding hydrogens is 236 g/mol. The van der Waals surface area contributed by atoms with Crippen molar-refractivity contribution in [3.05, 3.63) is 21.4 Å². The third-order valence-electron chi connectivity index (χ3n) is 2.97. The van der Waals surface area contributed by atoms with Crippen molar-refractivity contribution >= 4 is 11.3 Å². The van der Waals surface area contributed by atoms with Crippen LogP contribution in [0.15, 0.2) is 5.38 Å². The molecule has 0 aliphatic carbocycles. The van der Waals surface area contributed by atoms with Crippen LogP contribution < -0.4 is 0 Å². The Balaban J connectivity index is 3.11. The van der Waals surface area contributed by atoms with Gasteiger partial charge in [0.15, 0.2) is 0 Å². The summed E-state index contributed by atoms with van der Waals surface area (Å²) in [4.78, 5) is 1.60. The fourth-order valence-electron chi connectivity index (χ4n) is 2.37. The predicted octanol–water partition coefficient (Wildman–Crippen LogP) is 6.05. The molecule has 18 heavy (non-hydrogen) atoms. The van der Waals surface area contributed by atoms with Crippen molar-refractivity contribution in [2.75, 3.05) is 0 Å². The molecule has 104 valence electrons. The molecular formula is C17H30S. The van der Waals surface area contributed by atoms with Gasteiger partial charge in [0.1, 0.15) is 0 Å². The van der Waals surface area contributed by atoms with Crippen LogP contribution in [0.25, 0.3) is 0 Å². The number of hydrogen-bond donors (Lipinski definition) is 0. The highest BCUT2D eigenvalue weighted by Gasteiger charge is 2.23. The molecule has 0 aliphatic heterocycles. The molecule has 0 nitrogen and oxygen atoms in total. The Morgan fingerprint density at radius 1 is 0.944 bits per heavy atom. The second-order valence-corrected chi connectivity index (χ2v) is 9.14. The molecule has 1 heterocycles. The van der Waals surface area contributed by atoms with E-state index in [-0.39, 0.29) is 0 Å². The maximum absolute atomic E-state index is 2.40. The van der Waals surface area contributed by atoms with Crippen LogP contribution in [-0.4, -0.2) is 0 Å². The van der Waals surface area contributed by atoms with E-state index >= 15 is 0 Å². The summed E-state index contributed by atoms with van der Waals surface area (Å²) in [5.74, 6) is 0.654. The molecule has 1 rings (SSSR count).